The second kappa shape index (κ2) is 12.1. The Kier molecular flexibility index (Phi) is 10.5. The molecule has 0 aliphatic rings. The molecule has 0 radical (unpaired) electrons. The summed E-state index contributed by atoms with van der Waals surface area (Å²) in [6, 6.07) is 10.5. The predicted molar refractivity (Wildman–Crippen MR) is 116 cm³/mol. The maximum Gasteiger partial charge on any atom is 0.191 e. The third kappa shape index (κ3) is 7.62. The minimum atomic E-state index is 0. The van der Waals surface area contributed by atoms with Gasteiger partial charge in [0, 0.05) is 51.6 Å². The fourth-order valence-electron chi connectivity index (χ4n) is 2.58. The predicted octanol–water partition coefficient (Wildman–Crippen LogP) is 2.42. The van der Waals surface area contributed by atoms with Crippen molar-refractivity contribution in [2.24, 2.45) is 4.99 Å². The average molecular weight is 459 g/mol. The first-order chi connectivity index (χ1) is 11.7. The van der Waals surface area contributed by atoms with Crippen molar-refractivity contribution in [3.05, 3.63) is 36.0 Å². The van der Waals surface area contributed by atoms with E-state index in [1.807, 2.05) is 6.07 Å². The van der Waals surface area contributed by atoms with Crippen molar-refractivity contribution in [1.29, 1.82) is 0 Å². The van der Waals surface area contributed by atoms with Gasteiger partial charge >= 0.3 is 0 Å². The van der Waals surface area contributed by atoms with Crippen molar-refractivity contribution < 1.29 is 4.74 Å². The zero-order chi connectivity index (χ0) is 17.2. The second-order valence-electron chi connectivity index (χ2n) is 5.88. The van der Waals surface area contributed by atoms with Crippen molar-refractivity contribution in [3.8, 4) is 0 Å². The number of para-hydroxylation sites is 1. The first kappa shape index (κ1) is 21.7. The number of aliphatic imine (C=N–C) groups is 1. The number of hydrogen-bond donors (Lipinski definition) is 3. The fourth-order valence-corrected chi connectivity index (χ4v) is 2.58. The number of fused-ring (bicyclic) bond motifs is 1. The van der Waals surface area contributed by atoms with E-state index in [-0.39, 0.29) is 24.0 Å². The van der Waals surface area contributed by atoms with Gasteiger partial charge in [0.25, 0.3) is 0 Å². The van der Waals surface area contributed by atoms with Crippen molar-refractivity contribution in [2.45, 2.75) is 13.0 Å². The number of aromatic nitrogens is 1. The maximum atomic E-state index is 5.07. The molecule has 1 aromatic heterocycles. The van der Waals surface area contributed by atoms with Crippen LogP contribution in [0.5, 0.6) is 0 Å². The van der Waals surface area contributed by atoms with Crippen LogP contribution in [0.25, 0.3) is 10.9 Å². The summed E-state index contributed by atoms with van der Waals surface area (Å²) in [5.41, 5.74) is 2.31. The van der Waals surface area contributed by atoms with E-state index in [1.54, 1.807) is 14.2 Å². The molecule has 0 bridgehead atoms. The molecule has 0 aliphatic heterocycles. The van der Waals surface area contributed by atoms with Crippen LogP contribution in [0.2, 0.25) is 0 Å². The number of nitrogens with one attached hydrogen (secondary N) is 3. The lowest BCUT2D eigenvalue weighted by Gasteiger charge is -2.18. The van der Waals surface area contributed by atoms with Gasteiger partial charge in [-0.1, -0.05) is 18.2 Å². The molecule has 0 saturated carbocycles. The summed E-state index contributed by atoms with van der Waals surface area (Å²) >= 11 is 0. The molecule has 0 spiro atoms. The highest BCUT2D eigenvalue weighted by Gasteiger charge is 2.03. The molecule has 2 rings (SSSR count). The highest BCUT2D eigenvalue weighted by Crippen LogP contribution is 2.14. The Hall–Kier alpha value is -1.32. The molecular weight excluding hydrogens is 429 g/mol. The number of H-pyrrole nitrogens is 1. The highest BCUT2D eigenvalue weighted by atomic mass is 127. The average Bonchev–Trinajstić information content (AvgIpc) is 3.01. The molecule has 0 atom stereocenters. The zero-order valence-electron chi connectivity index (χ0n) is 15.3. The molecule has 0 aliphatic carbocycles. The van der Waals surface area contributed by atoms with Crippen LogP contribution in [0.15, 0.2) is 35.3 Å². The van der Waals surface area contributed by atoms with Gasteiger partial charge in [-0.2, -0.15) is 0 Å². The Balaban J connectivity index is 0.00000312. The smallest absolute Gasteiger partial charge is 0.191 e. The Bertz CT molecular complexity index is 610. The Morgan fingerprint density at radius 2 is 2.04 bits per heavy atom. The molecule has 0 saturated heterocycles. The number of likely N-dealkylation sites (N-methyl/N-ethyl adjacent to an activating group) is 1. The molecule has 3 N–H and O–H groups in total. The number of ether oxygens (including phenoxy) is 1. The van der Waals surface area contributed by atoms with Gasteiger partial charge < -0.3 is 25.3 Å². The van der Waals surface area contributed by atoms with Crippen LogP contribution in [-0.2, 0) is 11.3 Å². The second-order valence-corrected chi connectivity index (χ2v) is 5.88. The van der Waals surface area contributed by atoms with E-state index in [4.69, 9.17) is 4.74 Å². The lowest BCUT2D eigenvalue weighted by molar-refractivity contribution is 0.180. The maximum absolute atomic E-state index is 5.07. The number of halogens is 1. The normalized spacial score (nSPS) is 11.6. The Morgan fingerprint density at radius 3 is 2.76 bits per heavy atom. The van der Waals surface area contributed by atoms with Gasteiger partial charge in [-0.3, -0.25) is 4.99 Å². The quantitative estimate of drug-likeness (QED) is 0.233. The van der Waals surface area contributed by atoms with Crippen molar-refractivity contribution in [1.82, 2.24) is 20.5 Å². The van der Waals surface area contributed by atoms with E-state index in [0.29, 0.717) is 0 Å². The Morgan fingerprint density at radius 1 is 1.24 bits per heavy atom. The zero-order valence-corrected chi connectivity index (χ0v) is 17.7. The summed E-state index contributed by atoms with van der Waals surface area (Å²) in [5.74, 6) is 0.818. The summed E-state index contributed by atoms with van der Waals surface area (Å²) < 4.78 is 5.07. The summed E-state index contributed by atoms with van der Waals surface area (Å²) in [4.78, 5) is 9.97. The van der Waals surface area contributed by atoms with E-state index >= 15 is 0 Å². The number of nitrogens with zero attached hydrogens (tertiary/aromatic N) is 2. The number of hydrogen-bond acceptors (Lipinski definition) is 3. The van der Waals surface area contributed by atoms with E-state index < -0.39 is 0 Å². The van der Waals surface area contributed by atoms with Crippen LogP contribution in [0.3, 0.4) is 0 Å². The van der Waals surface area contributed by atoms with Crippen LogP contribution in [-0.4, -0.2) is 63.3 Å². The van der Waals surface area contributed by atoms with Crippen LogP contribution in [0.4, 0.5) is 0 Å². The van der Waals surface area contributed by atoms with E-state index in [0.717, 1.165) is 56.4 Å². The van der Waals surface area contributed by atoms with Gasteiger partial charge in [-0.25, -0.2) is 0 Å². The van der Waals surface area contributed by atoms with Crippen LogP contribution in [0, 0.1) is 0 Å². The largest absolute Gasteiger partial charge is 0.385 e. The van der Waals surface area contributed by atoms with Crippen LogP contribution >= 0.6 is 24.0 Å². The van der Waals surface area contributed by atoms with Crippen LogP contribution < -0.4 is 10.6 Å². The first-order valence-corrected chi connectivity index (χ1v) is 8.41. The third-order valence-electron chi connectivity index (χ3n) is 3.93. The topological polar surface area (TPSA) is 64.7 Å². The van der Waals surface area contributed by atoms with Gasteiger partial charge in [0.1, 0.15) is 0 Å². The summed E-state index contributed by atoms with van der Waals surface area (Å²) in [6.07, 6.45) is 1.06. The molecule has 0 amide bonds. The molecule has 0 fully saturated rings. The molecule has 140 valence electrons. The van der Waals surface area contributed by atoms with E-state index in [1.165, 1.54) is 5.39 Å². The third-order valence-corrected chi connectivity index (χ3v) is 3.93. The highest BCUT2D eigenvalue weighted by molar-refractivity contribution is 14.0. The molecule has 6 nitrogen and oxygen atoms in total. The van der Waals surface area contributed by atoms with Crippen LogP contribution in [0.1, 0.15) is 12.1 Å². The SMILES string of the molecule is CN=C(NCCN(C)CCCOC)NCc1cc2ccccc2[nH]1.I. The van der Waals surface area contributed by atoms with Gasteiger partial charge in [-0.15, -0.1) is 24.0 Å². The molecule has 1 heterocycles. The molecular formula is C18H30IN5O. The first-order valence-electron chi connectivity index (χ1n) is 8.41. The molecule has 2 aromatic rings. The van der Waals surface area contributed by atoms with Crippen molar-refractivity contribution in [3.63, 3.8) is 0 Å². The van der Waals surface area contributed by atoms with E-state index in [9.17, 15) is 0 Å². The number of aromatic amines is 1. The molecule has 25 heavy (non-hydrogen) atoms. The summed E-state index contributed by atoms with van der Waals surface area (Å²) in [7, 11) is 5.66. The lowest BCUT2D eigenvalue weighted by Crippen LogP contribution is -2.40. The Labute approximate surface area is 167 Å². The van der Waals surface area contributed by atoms with Gasteiger partial charge in [0.15, 0.2) is 5.96 Å². The summed E-state index contributed by atoms with van der Waals surface area (Å²) in [5, 5.41) is 7.92. The lowest BCUT2D eigenvalue weighted by atomic mass is 10.2. The van der Waals surface area contributed by atoms with E-state index in [2.05, 4.69) is 56.8 Å². The van der Waals surface area contributed by atoms with Gasteiger partial charge in [0.2, 0.25) is 0 Å². The monoisotopic (exact) mass is 459 g/mol. The molecule has 0 unspecified atom stereocenters. The van der Waals surface area contributed by atoms with Gasteiger partial charge in [0.05, 0.1) is 6.54 Å². The minimum absolute atomic E-state index is 0. The number of guanidine groups is 1. The number of rotatable bonds is 9. The van der Waals surface area contributed by atoms with Gasteiger partial charge in [-0.05, 0) is 31.0 Å². The molecule has 1 aromatic carbocycles. The standard InChI is InChI=1S/C18H29N5O.HI/c1-19-18(20-9-11-23(2)10-6-12-24-3)21-14-16-13-15-7-4-5-8-17(15)22-16;/h4-5,7-8,13,22H,6,9-12,14H2,1-3H3,(H2,19,20,21);1H. The number of methoxy groups -OCH3 is 1. The molecule has 7 heteroatoms. The fraction of sp³-hybridized carbons (Fsp3) is 0.500. The van der Waals surface area contributed by atoms with Crippen molar-refractivity contribution >= 4 is 40.8 Å². The minimum Gasteiger partial charge on any atom is -0.385 e. The number of benzene rings is 1. The van der Waals surface area contributed by atoms with Crippen molar-refractivity contribution in [2.75, 3.05) is 47.4 Å². The summed E-state index contributed by atoms with van der Waals surface area (Å²) in [6.45, 7) is 4.40.